The Labute approximate surface area is 95.3 Å². The minimum atomic E-state index is -0.803. The molecule has 79 valence electrons. The fourth-order valence-electron chi connectivity index (χ4n) is 1.94. The van der Waals surface area contributed by atoms with Crippen LogP contribution in [0, 0.1) is 0 Å². The molecule has 0 aliphatic heterocycles. The summed E-state index contributed by atoms with van der Waals surface area (Å²) in [4.78, 5) is 0. The van der Waals surface area contributed by atoms with Gasteiger partial charge in [-0.15, -0.1) is 0 Å². The van der Waals surface area contributed by atoms with E-state index >= 15 is 0 Å². The molecule has 1 rings (SSSR count). The molecule has 0 aromatic carbocycles. The average Bonchev–Trinajstić information content (AvgIpc) is 2.71. The van der Waals surface area contributed by atoms with Gasteiger partial charge in [-0.05, 0) is 0 Å². The summed E-state index contributed by atoms with van der Waals surface area (Å²) in [6, 6.07) is 0. The Kier molecular flexibility index (Phi) is 6.55. The summed E-state index contributed by atoms with van der Waals surface area (Å²) < 4.78 is 5.00. The molecule has 0 nitrogen and oxygen atoms in total. The molecule has 0 radical (unpaired) electrons. The Morgan fingerprint density at radius 1 is 1.14 bits per heavy atom. The van der Waals surface area contributed by atoms with Gasteiger partial charge in [-0.2, -0.15) is 0 Å². The van der Waals surface area contributed by atoms with Crippen molar-refractivity contribution < 1.29 is 17.9 Å². The van der Waals surface area contributed by atoms with Gasteiger partial charge < -0.3 is 0 Å². The van der Waals surface area contributed by atoms with Crippen molar-refractivity contribution in [1.82, 2.24) is 0 Å². The first-order chi connectivity index (χ1) is 6.88. The summed E-state index contributed by atoms with van der Waals surface area (Å²) in [5.41, 5.74) is 0. The van der Waals surface area contributed by atoms with E-state index in [4.69, 9.17) is 0 Å². The molecule has 0 saturated heterocycles. The summed E-state index contributed by atoms with van der Waals surface area (Å²) in [6.07, 6.45) is 14.0. The van der Waals surface area contributed by atoms with E-state index in [-0.39, 0.29) is 0 Å². The Morgan fingerprint density at radius 3 is 2.21 bits per heavy atom. The van der Waals surface area contributed by atoms with Crippen LogP contribution in [0.15, 0.2) is 22.1 Å². The molecule has 0 saturated carbocycles. The summed E-state index contributed by atoms with van der Waals surface area (Å²) in [6.45, 7) is 4.63. The van der Waals surface area contributed by atoms with Crippen LogP contribution in [-0.2, 0) is 17.9 Å². The topological polar surface area (TPSA) is 0 Å². The van der Waals surface area contributed by atoms with Gasteiger partial charge in [0, 0.05) is 0 Å². The van der Waals surface area contributed by atoms with E-state index in [1.165, 1.54) is 32.1 Å². The molecule has 0 unspecified atom stereocenters. The van der Waals surface area contributed by atoms with Crippen molar-refractivity contribution in [3.63, 3.8) is 0 Å². The van der Waals surface area contributed by atoms with Crippen LogP contribution in [0.4, 0.5) is 0 Å². The molecule has 0 bridgehead atoms. The van der Waals surface area contributed by atoms with Crippen molar-refractivity contribution >= 4 is 0 Å². The molecule has 0 amide bonds. The quantitative estimate of drug-likeness (QED) is 0.543. The van der Waals surface area contributed by atoms with Crippen molar-refractivity contribution in [2.45, 2.75) is 55.4 Å². The molecule has 0 N–H and O–H groups in total. The summed E-state index contributed by atoms with van der Waals surface area (Å²) >= 11 is -0.803. The molecule has 0 fully saturated rings. The maximum atomic E-state index is 2.42. The summed E-state index contributed by atoms with van der Waals surface area (Å²) in [5, 5.41) is 0. The molecule has 1 heteroatoms. The minimum absolute atomic E-state index is 0.803. The second-order valence-electron chi connectivity index (χ2n) is 4.13. The number of hydrogen-bond donors (Lipinski definition) is 0. The summed E-state index contributed by atoms with van der Waals surface area (Å²) in [5.74, 6) is 0. The van der Waals surface area contributed by atoms with Gasteiger partial charge in [-0.1, -0.05) is 0 Å². The molecule has 0 aromatic rings. The van der Waals surface area contributed by atoms with Gasteiger partial charge in [0.1, 0.15) is 0 Å². The Bertz CT molecular complexity index is 195. The predicted octanol–water partition coefficient (Wildman–Crippen LogP) is 4.89. The first-order valence-electron chi connectivity index (χ1n) is 6.09. The normalized spacial score (nSPS) is 14.6. The molecule has 0 spiro atoms. The van der Waals surface area contributed by atoms with Crippen LogP contribution in [0.1, 0.15) is 46.0 Å². The molecular formula is C13H23Ti. The second-order valence-corrected chi connectivity index (χ2v) is 8.58. The Hall–Kier alpha value is 0.194. The molecule has 0 aromatic heterocycles. The molecule has 1 aliphatic rings. The molecule has 14 heavy (non-hydrogen) atoms. The SMILES string of the molecule is CCC[CH2][Ti]([CH2]CCC)[C]1=CC=CC1. The van der Waals surface area contributed by atoms with E-state index < -0.39 is 17.9 Å². The molecular weight excluding hydrogens is 204 g/mol. The molecule has 0 atom stereocenters. The van der Waals surface area contributed by atoms with Crippen LogP contribution >= 0.6 is 0 Å². The van der Waals surface area contributed by atoms with Crippen LogP contribution in [-0.4, -0.2) is 0 Å². The molecule has 0 heterocycles. The average molecular weight is 227 g/mol. The zero-order valence-electron chi connectivity index (χ0n) is 9.68. The van der Waals surface area contributed by atoms with E-state index in [1.807, 2.05) is 3.88 Å². The van der Waals surface area contributed by atoms with Crippen LogP contribution < -0.4 is 0 Å². The van der Waals surface area contributed by atoms with Crippen molar-refractivity contribution in [3.8, 4) is 0 Å². The zero-order valence-corrected chi connectivity index (χ0v) is 11.2. The van der Waals surface area contributed by atoms with E-state index in [0.717, 1.165) is 0 Å². The van der Waals surface area contributed by atoms with E-state index in [0.29, 0.717) is 0 Å². The Morgan fingerprint density at radius 2 is 1.79 bits per heavy atom. The van der Waals surface area contributed by atoms with Crippen LogP contribution in [0.3, 0.4) is 0 Å². The van der Waals surface area contributed by atoms with E-state index in [9.17, 15) is 0 Å². The predicted molar refractivity (Wildman–Crippen MR) is 61.3 cm³/mol. The maximum absolute atomic E-state index is 2.42. The fraction of sp³-hybridized carbons (Fsp3) is 0.692. The van der Waals surface area contributed by atoms with Crippen LogP contribution in [0.25, 0.3) is 0 Å². The first-order valence-corrected chi connectivity index (χ1v) is 9.08. The van der Waals surface area contributed by atoms with Gasteiger partial charge in [-0.3, -0.25) is 0 Å². The number of unbranched alkanes of at least 4 members (excludes halogenated alkanes) is 2. The van der Waals surface area contributed by atoms with E-state index in [1.54, 1.807) is 9.45 Å². The van der Waals surface area contributed by atoms with Crippen LogP contribution in [0.5, 0.6) is 0 Å². The van der Waals surface area contributed by atoms with Crippen molar-refractivity contribution in [3.05, 3.63) is 22.1 Å². The molecule has 1 aliphatic carbocycles. The van der Waals surface area contributed by atoms with Gasteiger partial charge in [0.25, 0.3) is 0 Å². The third-order valence-corrected chi connectivity index (χ3v) is 7.88. The van der Waals surface area contributed by atoms with Crippen molar-refractivity contribution in [1.29, 1.82) is 0 Å². The number of rotatable bonds is 7. The van der Waals surface area contributed by atoms with Crippen molar-refractivity contribution in [2.75, 3.05) is 0 Å². The standard InChI is InChI=1S/C5H5.2C4H9.Ti/c1-2-4-5-3-1;2*1-3-4-2;/h1-3H,4H2;2*1,3-4H2,2H3;. The fourth-order valence-corrected chi connectivity index (χ4v) is 6.92. The zero-order chi connectivity index (χ0) is 10.2. The van der Waals surface area contributed by atoms with Crippen molar-refractivity contribution in [2.24, 2.45) is 0 Å². The second kappa shape index (κ2) is 7.48. The monoisotopic (exact) mass is 227 g/mol. The van der Waals surface area contributed by atoms with Gasteiger partial charge in [0.05, 0.1) is 0 Å². The number of allylic oxidation sites excluding steroid dienone is 4. The van der Waals surface area contributed by atoms with E-state index in [2.05, 4.69) is 32.1 Å². The van der Waals surface area contributed by atoms with Crippen LogP contribution in [0.2, 0.25) is 9.45 Å². The third-order valence-electron chi connectivity index (χ3n) is 2.89. The Balaban J connectivity index is 2.35. The van der Waals surface area contributed by atoms with Gasteiger partial charge in [0.15, 0.2) is 0 Å². The summed E-state index contributed by atoms with van der Waals surface area (Å²) in [7, 11) is 0. The van der Waals surface area contributed by atoms with Gasteiger partial charge in [0.2, 0.25) is 0 Å². The first kappa shape index (κ1) is 12.3. The number of hydrogen-bond acceptors (Lipinski definition) is 0. The van der Waals surface area contributed by atoms with Gasteiger partial charge in [-0.25, -0.2) is 0 Å². The van der Waals surface area contributed by atoms with Gasteiger partial charge >= 0.3 is 95.4 Å². The third kappa shape index (κ3) is 4.15.